The van der Waals surface area contributed by atoms with Crippen LogP contribution >= 0.6 is 0 Å². The van der Waals surface area contributed by atoms with E-state index in [-0.39, 0.29) is 18.7 Å². The molecule has 0 bridgehead atoms. The number of amides is 1. The molecule has 2 N–H and O–H groups in total. The monoisotopic (exact) mass is 465 g/mol. The maximum atomic E-state index is 13.2. The van der Waals surface area contributed by atoms with E-state index in [9.17, 15) is 14.3 Å². The van der Waals surface area contributed by atoms with Crippen LogP contribution in [0.1, 0.15) is 30.2 Å². The van der Waals surface area contributed by atoms with Crippen molar-refractivity contribution >= 4 is 51.2 Å². The van der Waals surface area contributed by atoms with Gasteiger partial charge in [0.05, 0.1) is 46.2 Å². The van der Waals surface area contributed by atoms with Gasteiger partial charge in [-0.05, 0) is 37.5 Å². The van der Waals surface area contributed by atoms with Gasteiger partial charge in [0.15, 0.2) is 5.65 Å². The van der Waals surface area contributed by atoms with Crippen LogP contribution in [0.4, 0.5) is 10.2 Å². The lowest BCUT2D eigenvalue weighted by molar-refractivity contribution is -0.117. The lowest BCUT2D eigenvalue weighted by Gasteiger charge is -2.26. The third-order valence-electron chi connectivity index (χ3n) is 6.38. The summed E-state index contributed by atoms with van der Waals surface area (Å²) in [6, 6.07) is 5.42. The number of fused-ring (bicyclic) bond motifs is 3. The molecule has 2 unspecified atom stereocenters. The molecule has 12 heteroatoms. The summed E-state index contributed by atoms with van der Waals surface area (Å²) in [7, 11) is 13.5. The Morgan fingerprint density at radius 3 is 2.74 bits per heavy atom. The first kappa shape index (κ1) is 23.5. The quantitative estimate of drug-likeness (QED) is 0.407. The van der Waals surface area contributed by atoms with Gasteiger partial charge in [-0.1, -0.05) is 6.82 Å². The summed E-state index contributed by atoms with van der Waals surface area (Å²) in [4.78, 5) is 25.3. The first-order valence-electron chi connectivity index (χ1n) is 11.3. The minimum Gasteiger partial charge on any atom is -0.387 e. The Morgan fingerprint density at radius 1 is 1.29 bits per heavy atom. The van der Waals surface area contributed by atoms with E-state index < -0.39 is 23.3 Å². The van der Waals surface area contributed by atoms with Crippen LogP contribution in [-0.2, 0) is 4.79 Å². The molecule has 4 aromatic heterocycles. The molecular weight excluding hydrogens is 444 g/mol. The summed E-state index contributed by atoms with van der Waals surface area (Å²) in [5.74, 6) is -0.662. The van der Waals surface area contributed by atoms with Crippen molar-refractivity contribution < 1.29 is 14.3 Å². The number of rotatable bonds is 7. The van der Waals surface area contributed by atoms with Crippen LogP contribution in [0.15, 0.2) is 36.9 Å². The number of aliphatic hydroxyl groups is 1. The highest BCUT2D eigenvalue weighted by Crippen LogP contribution is 2.36. The molecular formula is C23H21B3FN6O2. The van der Waals surface area contributed by atoms with E-state index in [0.717, 1.165) is 22.1 Å². The molecule has 0 spiro atoms. The van der Waals surface area contributed by atoms with Crippen molar-refractivity contribution in [2.75, 3.05) is 5.32 Å². The van der Waals surface area contributed by atoms with Crippen LogP contribution in [0.25, 0.3) is 27.7 Å². The smallest absolute Gasteiger partial charge is 0.231 e. The van der Waals surface area contributed by atoms with E-state index in [1.54, 1.807) is 43.1 Å². The van der Waals surface area contributed by atoms with Crippen LogP contribution in [0.2, 0.25) is 11.9 Å². The molecule has 3 atom stereocenters. The Bertz CT molecular complexity index is 1450. The average molecular weight is 465 g/mol. The predicted octanol–water partition coefficient (Wildman–Crippen LogP) is 2.53. The molecule has 1 fully saturated rings. The van der Waals surface area contributed by atoms with Gasteiger partial charge in [-0.2, -0.15) is 5.10 Å². The van der Waals surface area contributed by atoms with Gasteiger partial charge in [-0.3, -0.25) is 9.78 Å². The molecule has 1 amide bonds. The molecule has 4 aromatic rings. The topological polar surface area (TPSA) is 105 Å². The first-order valence-corrected chi connectivity index (χ1v) is 11.3. The van der Waals surface area contributed by atoms with E-state index in [1.165, 1.54) is 6.33 Å². The van der Waals surface area contributed by atoms with E-state index in [2.05, 4.69) is 25.4 Å². The molecule has 0 aromatic carbocycles. The number of halogens is 1. The van der Waals surface area contributed by atoms with Crippen LogP contribution < -0.4 is 5.32 Å². The second-order valence-electron chi connectivity index (χ2n) is 9.07. The Labute approximate surface area is 204 Å². The highest BCUT2D eigenvalue weighted by atomic mass is 19.1. The van der Waals surface area contributed by atoms with E-state index in [4.69, 9.17) is 15.7 Å². The largest absolute Gasteiger partial charge is 0.387 e. The fourth-order valence-electron chi connectivity index (χ4n) is 4.09. The van der Waals surface area contributed by atoms with Gasteiger partial charge in [0.2, 0.25) is 5.91 Å². The number of pyridine rings is 3. The maximum absolute atomic E-state index is 13.2. The van der Waals surface area contributed by atoms with Crippen molar-refractivity contribution in [2.45, 2.75) is 44.0 Å². The molecule has 4 heterocycles. The van der Waals surface area contributed by atoms with Gasteiger partial charge >= 0.3 is 0 Å². The minimum absolute atomic E-state index is 0.136. The second-order valence-corrected chi connectivity index (χ2v) is 9.07. The number of anilines is 1. The number of carbonyl (C=O) groups excluding carboxylic acids is 1. The molecule has 5 radical (unpaired) electrons. The number of hydrogen-bond acceptors (Lipinski definition) is 6. The van der Waals surface area contributed by atoms with Crippen molar-refractivity contribution in [1.29, 1.82) is 0 Å². The summed E-state index contributed by atoms with van der Waals surface area (Å²) in [6.07, 6.45) is 3.13. The fraction of sp³-hybridized carbons (Fsp3) is 0.348. The first-order chi connectivity index (χ1) is 16.7. The summed E-state index contributed by atoms with van der Waals surface area (Å²) < 4.78 is 14.9. The highest BCUT2D eigenvalue weighted by molar-refractivity contribution is 6.67. The van der Waals surface area contributed by atoms with Gasteiger partial charge in [0.1, 0.15) is 18.3 Å². The third-order valence-corrected chi connectivity index (χ3v) is 6.38. The Kier molecular flexibility index (Phi) is 5.87. The number of aryl methyl sites for hydroxylation is 1. The van der Waals surface area contributed by atoms with Crippen LogP contribution in [0.5, 0.6) is 0 Å². The number of alkyl halides is 1. The number of nitrogens with one attached hydrogen (secondary N) is 1. The number of aromatic nitrogens is 5. The van der Waals surface area contributed by atoms with Crippen molar-refractivity contribution in [3.05, 3.63) is 48.2 Å². The molecule has 0 saturated heterocycles. The lowest BCUT2D eigenvalue weighted by atomic mass is 9.32. The zero-order chi connectivity index (χ0) is 24.9. The summed E-state index contributed by atoms with van der Waals surface area (Å²) >= 11 is 0. The van der Waals surface area contributed by atoms with Crippen LogP contribution in [-0.4, -0.2) is 64.7 Å². The van der Waals surface area contributed by atoms with E-state index in [1.807, 2.05) is 13.0 Å². The zero-order valence-electron chi connectivity index (χ0n) is 19.3. The average Bonchev–Trinajstić information content (AvgIpc) is 3.35. The molecule has 1 aliphatic carbocycles. The van der Waals surface area contributed by atoms with Crippen molar-refractivity contribution in [2.24, 2.45) is 5.92 Å². The SMILES string of the molecule is [B]C([B])([B]C)CC(O)c1cc(C)c(-c2cc3cnc(NC(=O)[C@H]4CC4F)cc3n3ncnc23)cn1. The number of nitrogens with zero attached hydrogens (tertiary/aromatic N) is 5. The van der Waals surface area contributed by atoms with Crippen molar-refractivity contribution in [3.8, 4) is 11.1 Å². The fourth-order valence-corrected chi connectivity index (χ4v) is 4.09. The maximum Gasteiger partial charge on any atom is 0.231 e. The second kappa shape index (κ2) is 8.75. The standard InChI is InChI=1S/C23H21B3FN6O2/c1-11-3-17(19(34)7-23(24,25)26-2)28-9-15(11)13-4-12-8-29-20(32-22(35)14-5-16(14)27)6-18(12)33-21(13)30-10-31-33/h3-4,6,8-10,14,16,19,34H,5,7H2,1-2H3,(H,29,32,35)/t14-,16?,19?/m0/s1. The van der Waals surface area contributed by atoms with E-state index >= 15 is 0 Å². The number of aliphatic hydroxyl groups excluding tert-OH is 1. The normalized spacial score (nSPS) is 18.5. The number of carbonyl (C=O) groups is 1. The minimum atomic E-state index is -1.10. The van der Waals surface area contributed by atoms with Crippen LogP contribution in [0, 0.1) is 12.8 Å². The molecule has 5 rings (SSSR count). The Balaban J connectivity index is 1.50. The molecule has 8 nitrogen and oxygen atoms in total. The van der Waals surface area contributed by atoms with Crippen molar-refractivity contribution in [1.82, 2.24) is 24.6 Å². The molecule has 171 valence electrons. The van der Waals surface area contributed by atoms with Gasteiger partial charge in [-0.15, -0.1) is 5.11 Å². The van der Waals surface area contributed by atoms with Crippen LogP contribution in [0.3, 0.4) is 0 Å². The summed E-state index contributed by atoms with van der Waals surface area (Å²) in [5, 5.41) is 17.3. The van der Waals surface area contributed by atoms with Gasteiger partial charge < -0.3 is 10.4 Å². The van der Waals surface area contributed by atoms with E-state index in [0.29, 0.717) is 22.7 Å². The molecule has 0 aliphatic heterocycles. The number of hydrogen-bond donors (Lipinski definition) is 2. The molecule has 1 saturated carbocycles. The molecule has 1 aliphatic rings. The Morgan fingerprint density at radius 2 is 2.06 bits per heavy atom. The lowest BCUT2D eigenvalue weighted by Crippen LogP contribution is -2.22. The van der Waals surface area contributed by atoms with Gasteiger partial charge in [0, 0.05) is 35.0 Å². The van der Waals surface area contributed by atoms with Gasteiger partial charge in [-0.25, -0.2) is 18.9 Å². The van der Waals surface area contributed by atoms with Crippen molar-refractivity contribution in [3.63, 3.8) is 0 Å². The third kappa shape index (κ3) is 4.54. The molecule has 35 heavy (non-hydrogen) atoms. The highest BCUT2D eigenvalue weighted by Gasteiger charge is 2.43. The van der Waals surface area contributed by atoms with Gasteiger partial charge in [0.25, 0.3) is 0 Å². The zero-order valence-corrected chi connectivity index (χ0v) is 19.3. The predicted molar refractivity (Wildman–Crippen MR) is 133 cm³/mol. The summed E-state index contributed by atoms with van der Waals surface area (Å²) in [6.45, 7) is 3.66. The summed E-state index contributed by atoms with van der Waals surface area (Å²) in [5.41, 5.74) is 4.23. The Hall–Kier alpha value is -3.27.